The molecule has 0 saturated carbocycles. The van der Waals surface area contributed by atoms with Crippen LogP contribution in [0.4, 0.5) is 0 Å². The van der Waals surface area contributed by atoms with Gasteiger partial charge in [0.05, 0.1) is 6.04 Å². The molecule has 0 aliphatic rings. The van der Waals surface area contributed by atoms with Crippen molar-refractivity contribution in [1.29, 1.82) is 0 Å². The molecule has 1 aromatic heterocycles. The van der Waals surface area contributed by atoms with E-state index in [2.05, 4.69) is 53.7 Å². The van der Waals surface area contributed by atoms with Crippen LogP contribution in [0.25, 0.3) is 0 Å². The van der Waals surface area contributed by atoms with Crippen molar-refractivity contribution in [2.75, 3.05) is 26.2 Å². The quantitative estimate of drug-likeness (QED) is 0.676. The maximum atomic E-state index is 4.60. The highest BCUT2D eigenvalue weighted by atomic mass is 15.1. The fourth-order valence-corrected chi connectivity index (χ4v) is 2.55. The lowest BCUT2D eigenvalue weighted by Crippen LogP contribution is -2.31. The van der Waals surface area contributed by atoms with Crippen molar-refractivity contribution in [1.82, 2.24) is 19.8 Å². The lowest BCUT2D eigenvalue weighted by Gasteiger charge is -2.24. The highest BCUT2D eigenvalue weighted by Crippen LogP contribution is 2.16. The van der Waals surface area contributed by atoms with Crippen molar-refractivity contribution in [2.45, 2.75) is 59.5 Å². The molecule has 1 aromatic rings. The minimum atomic E-state index is 0.372. The monoisotopic (exact) mass is 280 g/mol. The summed E-state index contributed by atoms with van der Waals surface area (Å²) in [6.07, 6.45) is 7.48. The molecule has 0 aromatic carbocycles. The van der Waals surface area contributed by atoms with E-state index in [0.717, 1.165) is 52.0 Å². The summed E-state index contributed by atoms with van der Waals surface area (Å²) >= 11 is 0. The Hall–Kier alpha value is -0.870. The molecule has 20 heavy (non-hydrogen) atoms. The number of aryl methyl sites for hydroxylation is 1. The molecule has 0 aliphatic carbocycles. The largest absolute Gasteiger partial charge is 0.334 e. The van der Waals surface area contributed by atoms with Crippen molar-refractivity contribution in [3.05, 3.63) is 18.2 Å². The number of hydrogen-bond acceptors (Lipinski definition) is 3. The van der Waals surface area contributed by atoms with Gasteiger partial charge in [0, 0.05) is 25.5 Å². The standard InChI is InChI=1S/C16H32N4/c1-5-10-17-15(9-13-19(7-3)8-4)16-18-11-14-20(16)12-6-2/h11,14-15,17H,5-10,12-13H2,1-4H3. The number of nitrogens with zero attached hydrogens (tertiary/aromatic N) is 3. The summed E-state index contributed by atoms with van der Waals surface area (Å²) in [6.45, 7) is 14.4. The van der Waals surface area contributed by atoms with Crippen LogP contribution in [0.15, 0.2) is 12.4 Å². The molecule has 4 heteroatoms. The molecular formula is C16H32N4. The van der Waals surface area contributed by atoms with Crippen molar-refractivity contribution < 1.29 is 0 Å². The second kappa shape index (κ2) is 9.94. The van der Waals surface area contributed by atoms with E-state index in [1.165, 1.54) is 5.82 Å². The van der Waals surface area contributed by atoms with E-state index in [0.29, 0.717) is 6.04 Å². The molecule has 0 saturated heterocycles. The zero-order valence-corrected chi connectivity index (χ0v) is 13.7. The van der Waals surface area contributed by atoms with Crippen LogP contribution in [-0.4, -0.2) is 40.6 Å². The SMILES string of the molecule is CCCNC(CCN(CC)CC)c1nccn1CCC. The molecule has 0 radical (unpaired) electrons. The fraction of sp³-hybridized carbons (Fsp3) is 0.812. The lowest BCUT2D eigenvalue weighted by molar-refractivity contribution is 0.277. The van der Waals surface area contributed by atoms with Gasteiger partial charge in [0.2, 0.25) is 0 Å². The van der Waals surface area contributed by atoms with Gasteiger partial charge in [-0.15, -0.1) is 0 Å². The summed E-state index contributed by atoms with van der Waals surface area (Å²) in [4.78, 5) is 7.08. The average Bonchev–Trinajstić information content (AvgIpc) is 2.92. The van der Waals surface area contributed by atoms with E-state index in [1.807, 2.05) is 6.20 Å². The molecular weight excluding hydrogens is 248 g/mol. The smallest absolute Gasteiger partial charge is 0.125 e. The van der Waals surface area contributed by atoms with E-state index in [1.54, 1.807) is 0 Å². The van der Waals surface area contributed by atoms with Gasteiger partial charge >= 0.3 is 0 Å². The maximum Gasteiger partial charge on any atom is 0.125 e. The van der Waals surface area contributed by atoms with Crippen molar-refractivity contribution in [3.8, 4) is 0 Å². The Balaban J connectivity index is 2.69. The van der Waals surface area contributed by atoms with Crippen molar-refractivity contribution in [3.63, 3.8) is 0 Å². The first kappa shape index (κ1) is 17.2. The summed E-state index contributed by atoms with van der Waals surface area (Å²) in [5.41, 5.74) is 0. The first-order valence-electron chi connectivity index (χ1n) is 8.23. The predicted molar refractivity (Wildman–Crippen MR) is 86.0 cm³/mol. The first-order chi connectivity index (χ1) is 9.76. The Morgan fingerprint density at radius 3 is 2.55 bits per heavy atom. The molecule has 0 spiro atoms. The van der Waals surface area contributed by atoms with Crippen molar-refractivity contribution in [2.24, 2.45) is 0 Å². The van der Waals surface area contributed by atoms with E-state index in [-0.39, 0.29) is 0 Å². The molecule has 0 fully saturated rings. The van der Waals surface area contributed by atoms with Crippen LogP contribution in [0.2, 0.25) is 0 Å². The summed E-state index contributed by atoms with van der Waals surface area (Å²) < 4.78 is 2.30. The summed E-state index contributed by atoms with van der Waals surface area (Å²) in [6, 6.07) is 0.372. The Kier molecular flexibility index (Phi) is 8.54. The summed E-state index contributed by atoms with van der Waals surface area (Å²) in [5, 5.41) is 3.66. The van der Waals surface area contributed by atoms with Gasteiger partial charge in [-0.1, -0.05) is 27.7 Å². The molecule has 1 atom stereocenters. The molecule has 4 nitrogen and oxygen atoms in total. The van der Waals surface area contributed by atoms with Crippen LogP contribution in [0.3, 0.4) is 0 Å². The van der Waals surface area contributed by atoms with Gasteiger partial charge in [-0.05, 0) is 38.9 Å². The third-order valence-corrected chi connectivity index (χ3v) is 3.79. The van der Waals surface area contributed by atoms with Crippen molar-refractivity contribution >= 4 is 0 Å². The van der Waals surface area contributed by atoms with Crippen LogP contribution in [0, 0.1) is 0 Å². The maximum absolute atomic E-state index is 4.60. The number of rotatable bonds is 11. The molecule has 1 rings (SSSR count). The molecule has 1 heterocycles. The highest BCUT2D eigenvalue weighted by molar-refractivity contribution is 5.00. The molecule has 1 unspecified atom stereocenters. The van der Waals surface area contributed by atoms with E-state index >= 15 is 0 Å². The second-order valence-corrected chi connectivity index (χ2v) is 5.30. The van der Waals surface area contributed by atoms with Crippen LogP contribution < -0.4 is 5.32 Å². The van der Waals surface area contributed by atoms with E-state index < -0.39 is 0 Å². The topological polar surface area (TPSA) is 33.1 Å². The lowest BCUT2D eigenvalue weighted by atomic mass is 10.1. The van der Waals surface area contributed by atoms with Crippen LogP contribution in [-0.2, 0) is 6.54 Å². The molecule has 116 valence electrons. The van der Waals surface area contributed by atoms with Gasteiger partial charge in [0.25, 0.3) is 0 Å². The normalized spacial score (nSPS) is 13.1. The molecule has 0 aliphatic heterocycles. The highest BCUT2D eigenvalue weighted by Gasteiger charge is 2.16. The van der Waals surface area contributed by atoms with Gasteiger partial charge in [0.1, 0.15) is 5.82 Å². The first-order valence-corrected chi connectivity index (χ1v) is 8.23. The summed E-state index contributed by atoms with van der Waals surface area (Å²) in [7, 11) is 0. The van der Waals surface area contributed by atoms with Gasteiger partial charge < -0.3 is 14.8 Å². The zero-order chi connectivity index (χ0) is 14.8. The van der Waals surface area contributed by atoms with Gasteiger partial charge in [-0.25, -0.2) is 4.98 Å². The third-order valence-electron chi connectivity index (χ3n) is 3.79. The minimum absolute atomic E-state index is 0.372. The number of hydrogen-bond donors (Lipinski definition) is 1. The van der Waals surface area contributed by atoms with Crippen LogP contribution >= 0.6 is 0 Å². The van der Waals surface area contributed by atoms with Crippen LogP contribution in [0.5, 0.6) is 0 Å². The van der Waals surface area contributed by atoms with E-state index in [4.69, 9.17) is 0 Å². The Morgan fingerprint density at radius 1 is 1.20 bits per heavy atom. The zero-order valence-electron chi connectivity index (χ0n) is 13.7. The average molecular weight is 280 g/mol. The van der Waals surface area contributed by atoms with Gasteiger partial charge in [-0.3, -0.25) is 0 Å². The third kappa shape index (κ3) is 5.25. The number of aromatic nitrogens is 2. The van der Waals surface area contributed by atoms with Crippen LogP contribution in [0.1, 0.15) is 58.8 Å². The van der Waals surface area contributed by atoms with Gasteiger partial charge in [0.15, 0.2) is 0 Å². The fourth-order valence-electron chi connectivity index (χ4n) is 2.55. The number of nitrogens with one attached hydrogen (secondary N) is 1. The molecule has 0 amide bonds. The Morgan fingerprint density at radius 2 is 1.95 bits per heavy atom. The second-order valence-electron chi connectivity index (χ2n) is 5.30. The number of imidazole rings is 1. The van der Waals surface area contributed by atoms with Gasteiger partial charge in [-0.2, -0.15) is 0 Å². The molecule has 1 N–H and O–H groups in total. The Labute approximate surface area is 124 Å². The minimum Gasteiger partial charge on any atom is -0.334 e. The molecule has 0 bridgehead atoms. The summed E-state index contributed by atoms with van der Waals surface area (Å²) in [5.74, 6) is 1.20. The van der Waals surface area contributed by atoms with E-state index in [9.17, 15) is 0 Å². The Bertz CT molecular complexity index is 344. The predicted octanol–water partition coefficient (Wildman–Crippen LogP) is 3.07.